The number of nitrogens with one attached hydrogen (secondary N) is 1. The monoisotopic (exact) mass is 294 g/mol. The van der Waals surface area contributed by atoms with E-state index in [4.69, 9.17) is 0 Å². The normalized spacial score (nSPS) is 11.9. The molecule has 1 aromatic rings. The molecule has 0 spiro atoms. The quantitative estimate of drug-likeness (QED) is 0.664. The second-order valence-corrected chi connectivity index (χ2v) is 5.02. The van der Waals surface area contributed by atoms with Crippen LogP contribution >= 0.6 is 0 Å². The molecular formula is C15H22N2O4. The molecule has 0 saturated heterocycles. The van der Waals surface area contributed by atoms with E-state index in [0.717, 1.165) is 0 Å². The summed E-state index contributed by atoms with van der Waals surface area (Å²) in [4.78, 5) is 40.3. The van der Waals surface area contributed by atoms with Crippen molar-refractivity contribution < 1.29 is 19.1 Å². The fourth-order valence-electron chi connectivity index (χ4n) is 2.28. The molecule has 21 heavy (non-hydrogen) atoms. The van der Waals surface area contributed by atoms with Gasteiger partial charge in [-0.3, -0.25) is 9.59 Å². The second kappa shape index (κ2) is 6.56. The molecule has 0 saturated carbocycles. The molecule has 1 heterocycles. The third-order valence-corrected chi connectivity index (χ3v) is 3.73. The van der Waals surface area contributed by atoms with Gasteiger partial charge in [0.1, 0.15) is 5.69 Å². The Hall–Kier alpha value is -2.11. The van der Waals surface area contributed by atoms with E-state index < -0.39 is 12.0 Å². The van der Waals surface area contributed by atoms with Gasteiger partial charge >= 0.3 is 5.97 Å². The van der Waals surface area contributed by atoms with E-state index in [-0.39, 0.29) is 17.4 Å². The Balaban J connectivity index is 3.16. The molecule has 1 amide bonds. The largest absolute Gasteiger partial charge is 0.464 e. The van der Waals surface area contributed by atoms with Crippen LogP contribution in [0.15, 0.2) is 0 Å². The molecule has 116 valence electrons. The van der Waals surface area contributed by atoms with Crippen molar-refractivity contribution in [1.29, 1.82) is 0 Å². The van der Waals surface area contributed by atoms with Crippen LogP contribution in [0, 0.1) is 13.8 Å². The van der Waals surface area contributed by atoms with Crippen LogP contribution in [-0.2, 0) is 9.53 Å². The first-order valence-electron chi connectivity index (χ1n) is 6.83. The number of methoxy groups -OCH3 is 1. The fourth-order valence-corrected chi connectivity index (χ4v) is 2.28. The van der Waals surface area contributed by atoms with Gasteiger partial charge < -0.3 is 14.6 Å². The highest BCUT2D eigenvalue weighted by Gasteiger charge is 2.28. The zero-order valence-corrected chi connectivity index (χ0v) is 13.4. The third-order valence-electron chi connectivity index (χ3n) is 3.73. The average Bonchev–Trinajstić information content (AvgIpc) is 2.78. The Kier molecular flexibility index (Phi) is 5.29. The molecule has 0 fully saturated rings. The van der Waals surface area contributed by atoms with Crippen LogP contribution in [-0.4, -0.2) is 47.7 Å². The number of aromatic amines is 1. The number of aromatic nitrogens is 1. The van der Waals surface area contributed by atoms with Gasteiger partial charge in [-0.25, -0.2) is 4.79 Å². The van der Waals surface area contributed by atoms with Gasteiger partial charge in [0.15, 0.2) is 5.78 Å². The van der Waals surface area contributed by atoms with Gasteiger partial charge in [0.2, 0.25) is 5.91 Å². The fraction of sp³-hybridized carbons (Fsp3) is 0.533. The minimum atomic E-state index is -0.587. The lowest BCUT2D eigenvalue weighted by Gasteiger charge is -2.23. The van der Waals surface area contributed by atoms with E-state index in [1.807, 2.05) is 0 Å². The number of rotatable bonds is 5. The van der Waals surface area contributed by atoms with Crippen molar-refractivity contribution in [2.45, 2.75) is 40.2 Å². The standard InChI is InChI=1S/C15H22N2O4/c1-7-11(18)17(5)10(4)14(19)12-8(2)13(15(20)21-6)16-9(12)3/h10,16H,7H2,1-6H3/t10-/m1/s1. The number of amides is 1. The zero-order chi connectivity index (χ0) is 16.3. The lowest BCUT2D eigenvalue weighted by Crippen LogP contribution is -2.40. The van der Waals surface area contributed by atoms with Crippen LogP contribution < -0.4 is 0 Å². The summed E-state index contributed by atoms with van der Waals surface area (Å²) >= 11 is 0. The van der Waals surface area contributed by atoms with Crippen molar-refractivity contribution in [3.63, 3.8) is 0 Å². The van der Waals surface area contributed by atoms with E-state index in [0.29, 0.717) is 23.2 Å². The van der Waals surface area contributed by atoms with Crippen LogP contribution in [0.4, 0.5) is 0 Å². The van der Waals surface area contributed by atoms with Gasteiger partial charge in [-0.2, -0.15) is 0 Å². The number of likely N-dealkylation sites (N-methyl/N-ethyl adjacent to an activating group) is 1. The highest BCUT2D eigenvalue weighted by Crippen LogP contribution is 2.21. The summed E-state index contributed by atoms with van der Waals surface area (Å²) < 4.78 is 4.68. The maximum atomic E-state index is 12.6. The number of carbonyl (C=O) groups excluding carboxylic acids is 3. The minimum Gasteiger partial charge on any atom is -0.464 e. The third kappa shape index (κ3) is 3.15. The molecule has 1 rings (SSSR count). The summed E-state index contributed by atoms with van der Waals surface area (Å²) in [5, 5.41) is 0. The first-order valence-corrected chi connectivity index (χ1v) is 6.83. The number of hydrogen-bond acceptors (Lipinski definition) is 4. The SMILES string of the molecule is CCC(=O)N(C)[C@H](C)C(=O)c1c(C)[nH]c(C(=O)OC)c1C. The molecule has 1 atom stereocenters. The number of aryl methyl sites for hydroxylation is 1. The van der Waals surface area contributed by atoms with Gasteiger partial charge in [0, 0.05) is 24.7 Å². The van der Waals surface area contributed by atoms with Crippen molar-refractivity contribution in [3.05, 3.63) is 22.5 Å². The summed E-state index contributed by atoms with van der Waals surface area (Å²) in [6, 6.07) is -0.587. The molecule has 6 nitrogen and oxygen atoms in total. The van der Waals surface area contributed by atoms with E-state index in [2.05, 4.69) is 9.72 Å². The Morgan fingerprint density at radius 3 is 2.33 bits per heavy atom. The molecule has 1 aromatic heterocycles. The van der Waals surface area contributed by atoms with Crippen molar-refractivity contribution in [2.75, 3.05) is 14.2 Å². The number of ketones is 1. The van der Waals surface area contributed by atoms with E-state index in [9.17, 15) is 14.4 Å². The van der Waals surface area contributed by atoms with Crippen LogP contribution in [0.2, 0.25) is 0 Å². The molecule has 0 bridgehead atoms. The van der Waals surface area contributed by atoms with Crippen LogP contribution in [0.5, 0.6) is 0 Å². The Morgan fingerprint density at radius 2 is 1.86 bits per heavy atom. The Bertz CT molecular complexity index is 574. The number of esters is 1. The topological polar surface area (TPSA) is 79.5 Å². The smallest absolute Gasteiger partial charge is 0.354 e. The number of nitrogens with zero attached hydrogens (tertiary/aromatic N) is 1. The average molecular weight is 294 g/mol. The molecule has 0 unspecified atom stereocenters. The minimum absolute atomic E-state index is 0.102. The molecule has 0 aliphatic carbocycles. The summed E-state index contributed by atoms with van der Waals surface area (Å²) in [7, 11) is 2.89. The van der Waals surface area contributed by atoms with Crippen LogP contribution in [0.3, 0.4) is 0 Å². The lowest BCUT2D eigenvalue weighted by molar-refractivity contribution is -0.130. The molecule has 6 heteroatoms. The predicted molar refractivity (Wildman–Crippen MR) is 78.5 cm³/mol. The summed E-state index contributed by atoms with van der Waals surface area (Å²) in [5.41, 5.74) is 1.87. The molecule has 1 N–H and O–H groups in total. The maximum Gasteiger partial charge on any atom is 0.354 e. The van der Waals surface area contributed by atoms with E-state index in [1.54, 1.807) is 34.7 Å². The zero-order valence-electron chi connectivity index (χ0n) is 13.4. The molecular weight excluding hydrogens is 272 g/mol. The highest BCUT2D eigenvalue weighted by molar-refractivity contribution is 6.06. The summed E-state index contributed by atoms with van der Waals surface area (Å²) in [6.07, 6.45) is 0.340. The number of H-pyrrole nitrogens is 1. The van der Waals surface area contributed by atoms with E-state index >= 15 is 0 Å². The first-order chi connectivity index (χ1) is 9.76. The maximum absolute atomic E-state index is 12.6. The summed E-state index contributed by atoms with van der Waals surface area (Å²) in [6.45, 7) is 6.84. The van der Waals surface area contributed by atoms with Crippen LogP contribution in [0.25, 0.3) is 0 Å². The highest BCUT2D eigenvalue weighted by atomic mass is 16.5. The first kappa shape index (κ1) is 16.9. The lowest BCUT2D eigenvalue weighted by atomic mass is 10.00. The van der Waals surface area contributed by atoms with Gasteiger partial charge in [0.25, 0.3) is 0 Å². The Labute approximate surface area is 124 Å². The van der Waals surface area contributed by atoms with Crippen LogP contribution in [0.1, 0.15) is 52.4 Å². The van der Waals surface area contributed by atoms with Gasteiger partial charge in [-0.05, 0) is 26.3 Å². The molecule has 0 aliphatic heterocycles. The van der Waals surface area contributed by atoms with E-state index in [1.165, 1.54) is 12.0 Å². The molecule has 0 aromatic carbocycles. The predicted octanol–water partition coefficient (Wildman–Crippen LogP) is 1.86. The Morgan fingerprint density at radius 1 is 1.29 bits per heavy atom. The van der Waals surface area contributed by atoms with Gasteiger partial charge in [-0.1, -0.05) is 6.92 Å². The van der Waals surface area contributed by atoms with Gasteiger partial charge in [0.05, 0.1) is 13.2 Å². The van der Waals surface area contributed by atoms with Crippen molar-refractivity contribution in [1.82, 2.24) is 9.88 Å². The second-order valence-electron chi connectivity index (χ2n) is 5.02. The van der Waals surface area contributed by atoms with Crippen molar-refractivity contribution in [2.24, 2.45) is 0 Å². The molecule has 0 radical (unpaired) electrons. The summed E-state index contributed by atoms with van der Waals surface area (Å²) in [5.74, 6) is -0.809. The number of Topliss-reactive ketones (excluding diaryl/α,β-unsaturated/α-hetero) is 1. The molecule has 0 aliphatic rings. The number of hydrogen-bond donors (Lipinski definition) is 1. The van der Waals surface area contributed by atoms with Crippen molar-refractivity contribution >= 4 is 17.7 Å². The van der Waals surface area contributed by atoms with Crippen molar-refractivity contribution in [3.8, 4) is 0 Å². The van der Waals surface area contributed by atoms with Gasteiger partial charge in [-0.15, -0.1) is 0 Å². The number of ether oxygens (including phenoxy) is 1. The number of carbonyl (C=O) groups is 3.